The van der Waals surface area contributed by atoms with Crippen molar-refractivity contribution in [3.63, 3.8) is 0 Å². The third-order valence-electron chi connectivity index (χ3n) is 7.76. The molecule has 1 aromatic heterocycles. The number of pyridine rings is 1. The molecular formula is C30H35N3O2. The number of amides is 2. The minimum absolute atomic E-state index is 0.0646. The molecule has 5 heteroatoms. The standard InChI is InChI=1S/C30H35N3O2/c1-30(2,32-28(34)13-9-21-6-4-3-5-7-21)29(35)33-26-11-12-27(33)19-23(18-26)16-22-8-10-25-20-31-15-14-24(25)17-22/h3-8,10,14-15,17,20,23,26-27H,9,11-13,16,18-19H2,1-2H3,(H,32,34). The summed E-state index contributed by atoms with van der Waals surface area (Å²) in [4.78, 5) is 32.6. The Morgan fingerprint density at radius 2 is 1.71 bits per heavy atom. The number of carbonyl (C=O) groups is 2. The summed E-state index contributed by atoms with van der Waals surface area (Å²) in [5, 5.41) is 5.43. The fourth-order valence-electron chi connectivity index (χ4n) is 6.07. The molecule has 2 amide bonds. The van der Waals surface area contributed by atoms with Gasteiger partial charge in [0.1, 0.15) is 5.54 Å². The Balaban J connectivity index is 1.19. The first-order valence-electron chi connectivity index (χ1n) is 12.9. The van der Waals surface area contributed by atoms with Crippen LogP contribution in [0.5, 0.6) is 0 Å². The number of carbonyl (C=O) groups excluding carboxylic acids is 2. The zero-order valence-corrected chi connectivity index (χ0v) is 20.7. The smallest absolute Gasteiger partial charge is 0.248 e. The van der Waals surface area contributed by atoms with Gasteiger partial charge in [0.15, 0.2) is 0 Å². The summed E-state index contributed by atoms with van der Waals surface area (Å²) < 4.78 is 0. The molecule has 35 heavy (non-hydrogen) atoms. The highest BCUT2D eigenvalue weighted by atomic mass is 16.2. The molecule has 0 radical (unpaired) electrons. The van der Waals surface area contributed by atoms with Crippen LogP contribution in [0.1, 0.15) is 57.1 Å². The molecule has 1 N–H and O–H groups in total. The number of fused-ring (bicyclic) bond motifs is 3. The van der Waals surface area contributed by atoms with Gasteiger partial charge in [0.2, 0.25) is 11.8 Å². The van der Waals surface area contributed by atoms with E-state index >= 15 is 0 Å². The Hall–Kier alpha value is -3.21. The van der Waals surface area contributed by atoms with E-state index in [2.05, 4.69) is 39.5 Å². The number of nitrogens with one attached hydrogen (secondary N) is 1. The molecule has 2 aromatic carbocycles. The molecule has 5 rings (SSSR count). The number of benzene rings is 2. The van der Waals surface area contributed by atoms with E-state index in [1.54, 1.807) is 0 Å². The third-order valence-corrected chi connectivity index (χ3v) is 7.76. The summed E-state index contributed by atoms with van der Waals surface area (Å²) in [5.41, 5.74) is 1.60. The predicted molar refractivity (Wildman–Crippen MR) is 139 cm³/mol. The Bertz CT molecular complexity index is 1190. The van der Waals surface area contributed by atoms with Crippen molar-refractivity contribution in [2.75, 3.05) is 0 Å². The highest BCUT2D eigenvalue weighted by Gasteiger charge is 2.47. The van der Waals surface area contributed by atoms with Crippen molar-refractivity contribution in [3.05, 3.63) is 78.1 Å². The fraction of sp³-hybridized carbons (Fsp3) is 0.433. The highest BCUT2D eigenvalue weighted by molar-refractivity contribution is 5.91. The monoisotopic (exact) mass is 469 g/mol. The van der Waals surface area contributed by atoms with E-state index in [1.165, 1.54) is 16.3 Å². The molecule has 2 bridgehead atoms. The van der Waals surface area contributed by atoms with Crippen LogP contribution >= 0.6 is 0 Å². The molecule has 3 aromatic rings. The lowest BCUT2D eigenvalue weighted by Gasteiger charge is -2.43. The van der Waals surface area contributed by atoms with Crippen molar-refractivity contribution in [1.82, 2.24) is 15.2 Å². The van der Waals surface area contributed by atoms with E-state index in [-0.39, 0.29) is 23.9 Å². The SMILES string of the molecule is CC(C)(NC(=O)CCc1ccccc1)C(=O)N1C2CCC1CC(Cc1ccc3cnccc3c1)C2. The van der Waals surface area contributed by atoms with Gasteiger partial charge >= 0.3 is 0 Å². The second-order valence-electron chi connectivity index (χ2n) is 10.9. The lowest BCUT2D eigenvalue weighted by Crippen LogP contribution is -2.60. The van der Waals surface area contributed by atoms with Gasteiger partial charge in [-0.3, -0.25) is 14.6 Å². The lowest BCUT2D eigenvalue weighted by molar-refractivity contribution is -0.145. The quantitative estimate of drug-likeness (QED) is 0.525. The van der Waals surface area contributed by atoms with Crippen molar-refractivity contribution in [1.29, 1.82) is 0 Å². The number of aryl methyl sites for hydroxylation is 1. The molecular weight excluding hydrogens is 434 g/mol. The Kier molecular flexibility index (Phi) is 6.59. The second-order valence-corrected chi connectivity index (χ2v) is 10.9. The third kappa shape index (κ3) is 5.24. The molecule has 0 spiro atoms. The van der Waals surface area contributed by atoms with Gasteiger partial charge in [-0.25, -0.2) is 0 Å². The van der Waals surface area contributed by atoms with Crippen molar-refractivity contribution in [3.8, 4) is 0 Å². The van der Waals surface area contributed by atoms with Crippen LogP contribution in [0.15, 0.2) is 67.0 Å². The molecule has 0 saturated carbocycles. The van der Waals surface area contributed by atoms with Gasteiger partial charge in [-0.2, -0.15) is 0 Å². The van der Waals surface area contributed by atoms with Gasteiger partial charge in [-0.05, 0) is 80.9 Å². The number of nitrogens with zero attached hydrogens (tertiary/aromatic N) is 2. The van der Waals surface area contributed by atoms with Crippen molar-refractivity contribution >= 4 is 22.6 Å². The van der Waals surface area contributed by atoms with Gasteiger partial charge in [-0.15, -0.1) is 0 Å². The van der Waals surface area contributed by atoms with E-state index in [9.17, 15) is 9.59 Å². The van der Waals surface area contributed by atoms with E-state index < -0.39 is 5.54 Å². The van der Waals surface area contributed by atoms with Gasteiger partial charge < -0.3 is 10.2 Å². The van der Waals surface area contributed by atoms with Crippen LogP contribution < -0.4 is 5.32 Å². The Morgan fingerprint density at radius 3 is 2.46 bits per heavy atom. The number of hydrogen-bond donors (Lipinski definition) is 1. The number of piperidine rings is 1. The maximum atomic E-state index is 13.6. The molecule has 2 unspecified atom stereocenters. The highest BCUT2D eigenvalue weighted by Crippen LogP contribution is 2.41. The Morgan fingerprint density at radius 1 is 0.971 bits per heavy atom. The molecule has 2 aliphatic heterocycles. The van der Waals surface area contributed by atoms with Gasteiger partial charge in [0, 0.05) is 36.3 Å². The normalized spacial score (nSPS) is 21.8. The predicted octanol–water partition coefficient (Wildman–Crippen LogP) is 5.07. The number of rotatable bonds is 7. The maximum absolute atomic E-state index is 13.6. The van der Waals surface area contributed by atoms with Crippen LogP contribution in [-0.4, -0.2) is 39.3 Å². The van der Waals surface area contributed by atoms with E-state index in [0.29, 0.717) is 18.8 Å². The largest absolute Gasteiger partial charge is 0.342 e. The Labute approximate surface area is 207 Å². The topological polar surface area (TPSA) is 62.3 Å². The van der Waals surface area contributed by atoms with Crippen LogP contribution in [0, 0.1) is 5.92 Å². The zero-order valence-electron chi connectivity index (χ0n) is 20.7. The van der Waals surface area contributed by atoms with Gasteiger partial charge in [-0.1, -0.05) is 48.5 Å². The van der Waals surface area contributed by atoms with Gasteiger partial charge in [0.05, 0.1) is 0 Å². The minimum atomic E-state index is -0.895. The number of hydrogen-bond acceptors (Lipinski definition) is 3. The summed E-state index contributed by atoms with van der Waals surface area (Å²) in [7, 11) is 0. The molecule has 182 valence electrons. The van der Waals surface area contributed by atoms with Crippen LogP contribution in [0.25, 0.3) is 10.8 Å². The van der Waals surface area contributed by atoms with Crippen molar-refractivity contribution < 1.29 is 9.59 Å². The first kappa shape index (κ1) is 23.5. The summed E-state index contributed by atoms with van der Waals surface area (Å²) in [6.07, 6.45) is 10.1. The second kappa shape index (κ2) is 9.80. The van der Waals surface area contributed by atoms with E-state index in [4.69, 9.17) is 0 Å². The fourth-order valence-corrected chi connectivity index (χ4v) is 6.07. The molecule has 2 fully saturated rings. The molecule has 3 heterocycles. The van der Waals surface area contributed by atoms with Crippen LogP contribution in [0.3, 0.4) is 0 Å². The van der Waals surface area contributed by atoms with Crippen LogP contribution in [0.2, 0.25) is 0 Å². The first-order chi connectivity index (χ1) is 16.9. The average Bonchev–Trinajstić information content (AvgIpc) is 3.12. The molecule has 2 atom stereocenters. The lowest BCUT2D eigenvalue weighted by atomic mass is 9.84. The average molecular weight is 470 g/mol. The van der Waals surface area contributed by atoms with Gasteiger partial charge in [0.25, 0.3) is 0 Å². The molecule has 0 aliphatic carbocycles. The first-order valence-corrected chi connectivity index (χ1v) is 12.9. The zero-order chi connectivity index (χ0) is 24.4. The summed E-state index contributed by atoms with van der Waals surface area (Å²) in [6.45, 7) is 3.70. The summed E-state index contributed by atoms with van der Waals surface area (Å²) >= 11 is 0. The van der Waals surface area contributed by atoms with Crippen LogP contribution in [-0.2, 0) is 22.4 Å². The minimum Gasteiger partial charge on any atom is -0.342 e. The molecule has 5 nitrogen and oxygen atoms in total. The number of aromatic nitrogens is 1. The molecule has 2 aliphatic rings. The molecule has 2 saturated heterocycles. The summed E-state index contributed by atoms with van der Waals surface area (Å²) in [5.74, 6) is 0.579. The van der Waals surface area contributed by atoms with Crippen LogP contribution in [0.4, 0.5) is 0 Å². The van der Waals surface area contributed by atoms with Crippen molar-refractivity contribution in [2.24, 2.45) is 5.92 Å². The van der Waals surface area contributed by atoms with Crippen molar-refractivity contribution in [2.45, 2.75) is 76.4 Å². The summed E-state index contributed by atoms with van der Waals surface area (Å²) in [6, 6.07) is 19.3. The van der Waals surface area contributed by atoms with E-state index in [1.807, 2.05) is 56.6 Å². The van der Waals surface area contributed by atoms with E-state index in [0.717, 1.165) is 37.7 Å². The maximum Gasteiger partial charge on any atom is 0.248 e.